The molecule has 0 rings (SSSR count). The lowest BCUT2D eigenvalue weighted by Crippen LogP contribution is -2.22. The van der Waals surface area contributed by atoms with Gasteiger partial charge in [0.2, 0.25) is 10.0 Å². The molecule has 0 unspecified atom stereocenters. The summed E-state index contributed by atoms with van der Waals surface area (Å²) in [7, 11) is -2.13. The van der Waals surface area contributed by atoms with Gasteiger partial charge < -0.3 is 15.8 Å². The Labute approximate surface area is 102 Å². The molecule has 0 atom stereocenters. The summed E-state index contributed by atoms with van der Waals surface area (Å²) in [4.78, 5) is -0.0841. The molecule has 17 heavy (non-hydrogen) atoms. The highest BCUT2D eigenvalue weighted by atomic mass is 32.2. The van der Waals surface area contributed by atoms with E-state index in [1.165, 1.54) is 12.2 Å². The second-order valence-electron chi connectivity index (χ2n) is 3.21. The zero-order valence-electron chi connectivity index (χ0n) is 9.85. The molecule has 0 aromatic carbocycles. The monoisotopic (exact) mass is 261 g/mol. The maximum absolute atomic E-state index is 11.0. The molecule has 0 aromatic rings. The van der Waals surface area contributed by atoms with Crippen molar-refractivity contribution < 1.29 is 13.2 Å². The summed E-state index contributed by atoms with van der Waals surface area (Å²) in [6.07, 6.45) is 4.68. The molecule has 0 spiro atoms. The number of hydrogen-bond donors (Lipinski definition) is 3. The molecule has 0 amide bonds. The van der Waals surface area contributed by atoms with Crippen LogP contribution in [0, 0.1) is 0 Å². The molecule has 0 bridgehead atoms. The summed E-state index contributed by atoms with van der Waals surface area (Å²) in [5.41, 5.74) is 5.60. The van der Waals surface area contributed by atoms with E-state index in [1.807, 2.05) is 0 Å². The van der Waals surface area contributed by atoms with Gasteiger partial charge in [0, 0.05) is 20.3 Å². The van der Waals surface area contributed by atoms with Crippen LogP contribution >= 0.6 is 0 Å². The zero-order valence-corrected chi connectivity index (χ0v) is 10.7. The Kier molecular flexibility index (Phi) is 7.27. The average molecular weight is 261 g/mol. The van der Waals surface area contributed by atoms with Crippen LogP contribution in [0.5, 0.6) is 0 Å². The van der Waals surface area contributed by atoms with Gasteiger partial charge in [-0.25, -0.2) is 13.6 Å². The van der Waals surface area contributed by atoms with E-state index in [9.17, 15) is 8.42 Å². The predicted molar refractivity (Wildman–Crippen MR) is 68.2 cm³/mol. The maximum atomic E-state index is 11.0. The second-order valence-corrected chi connectivity index (χ2v) is 4.77. The molecule has 0 aliphatic carbocycles. The molecule has 0 heterocycles. The highest BCUT2D eigenvalue weighted by molar-refractivity contribution is 7.93. The third-order valence-corrected chi connectivity index (χ3v) is 2.77. The Balaban J connectivity index is 4.38. The van der Waals surface area contributed by atoms with Gasteiger partial charge in [-0.3, -0.25) is 0 Å². The summed E-state index contributed by atoms with van der Waals surface area (Å²) in [6, 6.07) is 0. The van der Waals surface area contributed by atoms with E-state index in [0.717, 1.165) is 12.5 Å². The summed E-state index contributed by atoms with van der Waals surface area (Å²) in [5, 5.41) is 7.83. The molecule has 5 N–H and O–H groups in total. The van der Waals surface area contributed by atoms with Gasteiger partial charge in [0.25, 0.3) is 0 Å². The molecule has 0 saturated heterocycles. The van der Waals surface area contributed by atoms with Crippen molar-refractivity contribution in [2.75, 3.05) is 20.3 Å². The lowest BCUT2D eigenvalue weighted by molar-refractivity contribution is 0.195. The lowest BCUT2D eigenvalue weighted by atomic mass is 10.4. The Morgan fingerprint density at radius 3 is 2.59 bits per heavy atom. The largest absolute Gasteiger partial charge is 0.386 e. The van der Waals surface area contributed by atoms with Crippen molar-refractivity contribution in [2.24, 2.45) is 10.9 Å². The number of nitrogens with two attached hydrogens (primary N) is 2. The molecule has 0 saturated carbocycles. The minimum absolute atomic E-state index is 0.0841. The molecule has 0 radical (unpaired) electrons. The predicted octanol–water partition coefficient (Wildman–Crippen LogP) is -0.229. The van der Waals surface area contributed by atoms with Crippen molar-refractivity contribution in [3.05, 3.63) is 35.5 Å². The third-order valence-electron chi connectivity index (χ3n) is 1.81. The van der Waals surface area contributed by atoms with Crippen molar-refractivity contribution in [2.45, 2.75) is 6.42 Å². The van der Waals surface area contributed by atoms with Gasteiger partial charge >= 0.3 is 0 Å². The summed E-state index contributed by atoms with van der Waals surface area (Å²) < 4.78 is 26.9. The first-order valence-electron chi connectivity index (χ1n) is 4.97. The Morgan fingerprint density at radius 2 is 2.12 bits per heavy atom. The van der Waals surface area contributed by atoms with E-state index >= 15 is 0 Å². The second kappa shape index (κ2) is 7.88. The van der Waals surface area contributed by atoms with Crippen LogP contribution in [0.1, 0.15) is 6.42 Å². The number of methoxy groups -OCH3 is 1. The molecule has 98 valence electrons. The minimum Gasteiger partial charge on any atom is -0.386 e. The Hall–Kier alpha value is -1.31. The molecular weight excluding hydrogens is 242 g/mol. The first kappa shape index (κ1) is 15.7. The number of ether oxygens (including phenoxy) is 1. The van der Waals surface area contributed by atoms with Crippen molar-refractivity contribution >= 4 is 10.0 Å². The van der Waals surface area contributed by atoms with Gasteiger partial charge in [-0.2, -0.15) is 0 Å². The fourth-order valence-corrected chi connectivity index (χ4v) is 1.45. The molecule has 6 nitrogen and oxygen atoms in total. The smallest absolute Gasteiger partial charge is 0.238 e. The van der Waals surface area contributed by atoms with Crippen LogP contribution in [-0.4, -0.2) is 28.7 Å². The maximum Gasteiger partial charge on any atom is 0.238 e. The molecule has 0 aromatic heterocycles. The van der Waals surface area contributed by atoms with Crippen LogP contribution in [0.3, 0.4) is 0 Å². The molecule has 0 aliphatic rings. The fraction of sp³-hybridized carbons (Fsp3) is 0.400. The first-order valence-corrected chi connectivity index (χ1v) is 6.52. The third kappa shape index (κ3) is 7.56. The molecule has 7 heteroatoms. The van der Waals surface area contributed by atoms with Gasteiger partial charge in [0.15, 0.2) is 0 Å². The number of allylic oxidation sites excluding steroid dienone is 3. The van der Waals surface area contributed by atoms with Gasteiger partial charge in [0.1, 0.15) is 0 Å². The number of sulfonamides is 1. The van der Waals surface area contributed by atoms with E-state index in [4.69, 9.17) is 15.6 Å². The van der Waals surface area contributed by atoms with Crippen LogP contribution in [0.4, 0.5) is 0 Å². The summed E-state index contributed by atoms with van der Waals surface area (Å²) in [6.45, 7) is 4.63. The van der Waals surface area contributed by atoms with Crippen LogP contribution in [0.2, 0.25) is 0 Å². The number of primary sulfonamides is 1. The van der Waals surface area contributed by atoms with Crippen LogP contribution in [0.25, 0.3) is 0 Å². The highest BCUT2D eigenvalue weighted by Gasteiger charge is 2.05. The van der Waals surface area contributed by atoms with E-state index in [-0.39, 0.29) is 4.91 Å². The van der Waals surface area contributed by atoms with E-state index in [0.29, 0.717) is 19.0 Å². The van der Waals surface area contributed by atoms with Gasteiger partial charge in [0.05, 0.1) is 10.7 Å². The Morgan fingerprint density at radius 1 is 1.47 bits per heavy atom. The number of hydrogen-bond acceptors (Lipinski definition) is 5. The quantitative estimate of drug-likeness (QED) is 0.413. The van der Waals surface area contributed by atoms with Gasteiger partial charge in [-0.15, -0.1) is 0 Å². The fourth-order valence-electron chi connectivity index (χ4n) is 0.959. The van der Waals surface area contributed by atoms with E-state index in [1.54, 1.807) is 7.11 Å². The standard InChI is InChI=1S/C10H19N3O3S/c1-3-9(17(12,14)15)5-6-10(11)13-7-4-8-16-2/h3,5-6,13H,1,4,7-8,11H2,2H3,(H2,12,14,15)/b9-5+,10-6+. The van der Waals surface area contributed by atoms with Crippen molar-refractivity contribution in [3.8, 4) is 0 Å². The van der Waals surface area contributed by atoms with Crippen molar-refractivity contribution in [1.82, 2.24) is 5.32 Å². The van der Waals surface area contributed by atoms with E-state index in [2.05, 4.69) is 11.9 Å². The summed E-state index contributed by atoms with van der Waals surface area (Å²) >= 11 is 0. The number of nitrogens with one attached hydrogen (secondary N) is 1. The normalized spacial score (nSPS) is 13.5. The molecule has 0 fully saturated rings. The first-order chi connectivity index (χ1) is 7.91. The lowest BCUT2D eigenvalue weighted by Gasteiger charge is -2.04. The minimum atomic E-state index is -3.74. The topological polar surface area (TPSA) is 107 Å². The van der Waals surface area contributed by atoms with Crippen LogP contribution in [0.15, 0.2) is 35.5 Å². The van der Waals surface area contributed by atoms with Crippen molar-refractivity contribution in [3.63, 3.8) is 0 Å². The zero-order chi connectivity index (χ0) is 13.3. The highest BCUT2D eigenvalue weighted by Crippen LogP contribution is 2.02. The van der Waals surface area contributed by atoms with E-state index < -0.39 is 10.0 Å². The molecular formula is C10H19N3O3S. The number of rotatable bonds is 8. The van der Waals surface area contributed by atoms with Crippen molar-refractivity contribution in [1.29, 1.82) is 0 Å². The van der Waals surface area contributed by atoms with Gasteiger partial charge in [-0.05, 0) is 24.6 Å². The summed E-state index contributed by atoms with van der Waals surface area (Å²) in [5.74, 6) is 0.351. The Bertz CT molecular complexity index is 399. The van der Waals surface area contributed by atoms with Crippen LogP contribution in [-0.2, 0) is 14.8 Å². The average Bonchev–Trinajstić information content (AvgIpc) is 2.23. The SMILES string of the molecule is C=C/C(=C\C=C(/N)NCCCOC)S(N)(=O)=O. The van der Waals surface area contributed by atoms with Gasteiger partial charge in [-0.1, -0.05) is 6.58 Å². The molecule has 0 aliphatic heterocycles. The van der Waals surface area contributed by atoms with Crippen LogP contribution < -0.4 is 16.2 Å².